The Morgan fingerprint density at radius 1 is 1.37 bits per heavy atom. The summed E-state index contributed by atoms with van der Waals surface area (Å²) in [6.07, 6.45) is 1.46. The van der Waals surface area contributed by atoms with E-state index in [1.165, 1.54) is 0 Å². The molecule has 5 nitrogen and oxygen atoms in total. The third-order valence-electron chi connectivity index (χ3n) is 3.11. The average molecular weight is 263 g/mol. The Hall–Kier alpha value is -2.04. The van der Waals surface area contributed by atoms with Crippen LogP contribution in [0.5, 0.6) is 5.75 Å². The molecule has 1 aliphatic heterocycles. The van der Waals surface area contributed by atoms with E-state index in [9.17, 15) is 9.59 Å². The second-order valence-electron chi connectivity index (χ2n) is 4.73. The number of hydrogen-bond donors (Lipinski definition) is 2. The first-order chi connectivity index (χ1) is 9.13. The van der Waals surface area contributed by atoms with Gasteiger partial charge in [-0.2, -0.15) is 0 Å². The van der Waals surface area contributed by atoms with Gasteiger partial charge in [-0.05, 0) is 24.1 Å². The molecule has 0 saturated carbocycles. The highest BCUT2D eigenvalue weighted by atomic mass is 16.5. The number of aliphatic carboxylic acids is 1. The number of carbonyl (C=O) groups excluding carboxylic acids is 1. The Morgan fingerprint density at radius 2 is 2.11 bits per heavy atom. The molecule has 1 amide bonds. The molecule has 2 N–H and O–H groups in total. The van der Waals surface area contributed by atoms with Crippen LogP contribution in [0.3, 0.4) is 0 Å². The quantitative estimate of drug-likeness (QED) is 0.837. The first kappa shape index (κ1) is 13.4. The van der Waals surface area contributed by atoms with Crippen molar-refractivity contribution < 1.29 is 19.4 Å². The summed E-state index contributed by atoms with van der Waals surface area (Å²) < 4.78 is 5.63. The van der Waals surface area contributed by atoms with Gasteiger partial charge in [-0.1, -0.05) is 12.1 Å². The molecular weight excluding hydrogens is 246 g/mol. The minimum atomic E-state index is -0.845. The van der Waals surface area contributed by atoms with E-state index >= 15 is 0 Å². The third kappa shape index (κ3) is 4.28. The maximum atomic E-state index is 11.2. The van der Waals surface area contributed by atoms with Crippen molar-refractivity contribution in [3.05, 3.63) is 29.8 Å². The second kappa shape index (κ2) is 6.22. The van der Waals surface area contributed by atoms with Crippen LogP contribution in [0.15, 0.2) is 24.3 Å². The van der Waals surface area contributed by atoms with E-state index < -0.39 is 5.97 Å². The van der Waals surface area contributed by atoms with Crippen LogP contribution in [0.1, 0.15) is 18.4 Å². The molecule has 0 spiro atoms. The van der Waals surface area contributed by atoms with E-state index in [2.05, 4.69) is 5.32 Å². The largest absolute Gasteiger partial charge is 0.493 e. The Balaban J connectivity index is 1.82. The lowest BCUT2D eigenvalue weighted by Crippen LogP contribution is -2.35. The molecule has 1 aromatic rings. The van der Waals surface area contributed by atoms with Crippen LogP contribution in [0.25, 0.3) is 0 Å². The number of amides is 1. The molecule has 1 heterocycles. The molecule has 19 heavy (non-hydrogen) atoms. The predicted octanol–water partition coefficient (Wildman–Crippen LogP) is 1.22. The minimum Gasteiger partial charge on any atom is -0.493 e. The van der Waals surface area contributed by atoms with E-state index in [4.69, 9.17) is 9.84 Å². The molecule has 102 valence electrons. The van der Waals surface area contributed by atoms with E-state index in [1.807, 2.05) is 0 Å². The first-order valence-corrected chi connectivity index (χ1v) is 6.33. The van der Waals surface area contributed by atoms with Gasteiger partial charge >= 0.3 is 5.97 Å². The number of rotatable bonds is 5. The Bertz CT molecular complexity index is 455. The molecule has 5 heteroatoms. The van der Waals surface area contributed by atoms with Crippen LogP contribution in [-0.4, -0.2) is 30.1 Å². The number of ether oxygens (including phenoxy) is 1. The molecule has 1 aliphatic rings. The van der Waals surface area contributed by atoms with Crippen LogP contribution < -0.4 is 10.1 Å². The number of benzene rings is 1. The van der Waals surface area contributed by atoms with E-state index in [0.29, 0.717) is 25.3 Å². The third-order valence-corrected chi connectivity index (χ3v) is 3.11. The molecular formula is C14H17NO4. The summed E-state index contributed by atoms with van der Waals surface area (Å²) in [6.45, 7) is 1.23. The normalized spacial score (nSPS) is 18.7. The smallest absolute Gasteiger partial charge is 0.307 e. The fourth-order valence-electron chi connectivity index (χ4n) is 2.09. The Kier molecular flexibility index (Phi) is 4.39. The van der Waals surface area contributed by atoms with Crippen molar-refractivity contribution in [2.75, 3.05) is 13.2 Å². The Labute approximate surface area is 111 Å². The summed E-state index contributed by atoms with van der Waals surface area (Å²) in [4.78, 5) is 21.8. The van der Waals surface area contributed by atoms with Crippen molar-refractivity contribution in [1.82, 2.24) is 5.32 Å². The highest BCUT2D eigenvalue weighted by Crippen LogP contribution is 2.17. The van der Waals surface area contributed by atoms with Crippen molar-refractivity contribution in [3.63, 3.8) is 0 Å². The summed E-state index contributed by atoms with van der Waals surface area (Å²) in [6, 6.07) is 7.02. The number of carbonyl (C=O) groups is 2. The van der Waals surface area contributed by atoms with E-state index in [1.54, 1.807) is 24.3 Å². The van der Waals surface area contributed by atoms with Gasteiger partial charge in [-0.15, -0.1) is 0 Å². The van der Waals surface area contributed by atoms with Gasteiger partial charge in [-0.25, -0.2) is 0 Å². The molecule has 1 saturated heterocycles. The van der Waals surface area contributed by atoms with Gasteiger partial charge < -0.3 is 15.2 Å². The van der Waals surface area contributed by atoms with Gasteiger partial charge in [-0.3, -0.25) is 9.59 Å². The summed E-state index contributed by atoms with van der Waals surface area (Å²) in [7, 11) is 0. The molecule has 1 unspecified atom stereocenters. The van der Waals surface area contributed by atoms with Gasteiger partial charge in [0.05, 0.1) is 13.0 Å². The Morgan fingerprint density at radius 3 is 2.74 bits per heavy atom. The molecule has 0 aromatic heterocycles. The summed E-state index contributed by atoms with van der Waals surface area (Å²) in [5.74, 6) is 0.200. The molecule has 1 fully saturated rings. The number of carboxylic acids is 1. The predicted molar refractivity (Wildman–Crippen MR) is 69.0 cm³/mol. The van der Waals surface area contributed by atoms with Gasteiger partial charge in [0.15, 0.2) is 0 Å². The standard InChI is InChI=1S/C14H17NO4/c16-13-7-11(5-6-15-13)9-19-12-3-1-10(2-4-12)8-14(17)18/h1-4,11H,5-9H2,(H,15,16)(H,17,18). The molecule has 0 bridgehead atoms. The fraction of sp³-hybridized carbons (Fsp3) is 0.429. The van der Waals surface area contributed by atoms with Crippen LogP contribution in [0.4, 0.5) is 0 Å². The van der Waals surface area contributed by atoms with Crippen molar-refractivity contribution in [2.45, 2.75) is 19.3 Å². The maximum absolute atomic E-state index is 11.2. The number of piperidine rings is 1. The molecule has 1 atom stereocenters. The zero-order valence-electron chi connectivity index (χ0n) is 10.6. The highest BCUT2D eigenvalue weighted by Gasteiger charge is 2.19. The second-order valence-corrected chi connectivity index (χ2v) is 4.73. The monoisotopic (exact) mass is 263 g/mol. The highest BCUT2D eigenvalue weighted by molar-refractivity contribution is 5.76. The van der Waals surface area contributed by atoms with Crippen LogP contribution in [-0.2, 0) is 16.0 Å². The maximum Gasteiger partial charge on any atom is 0.307 e. The summed E-state index contributed by atoms with van der Waals surface area (Å²) in [5.41, 5.74) is 0.747. The lowest BCUT2D eigenvalue weighted by molar-refractivity contribution is -0.136. The average Bonchev–Trinajstić information content (AvgIpc) is 2.37. The number of hydrogen-bond acceptors (Lipinski definition) is 3. The number of nitrogens with one attached hydrogen (secondary N) is 1. The summed E-state index contributed by atoms with van der Waals surface area (Å²) >= 11 is 0. The molecule has 0 aliphatic carbocycles. The van der Waals surface area contributed by atoms with Gasteiger partial charge in [0.1, 0.15) is 5.75 Å². The molecule has 2 rings (SSSR count). The lowest BCUT2D eigenvalue weighted by atomic mass is 9.99. The number of carboxylic acid groups (broad SMARTS) is 1. The van der Waals surface area contributed by atoms with Gasteiger partial charge in [0, 0.05) is 18.9 Å². The SMILES string of the molecule is O=C(O)Cc1ccc(OCC2CCNC(=O)C2)cc1. The van der Waals surface area contributed by atoms with Crippen molar-refractivity contribution in [2.24, 2.45) is 5.92 Å². The van der Waals surface area contributed by atoms with Crippen molar-refractivity contribution in [1.29, 1.82) is 0 Å². The topological polar surface area (TPSA) is 75.6 Å². The van der Waals surface area contributed by atoms with E-state index in [-0.39, 0.29) is 18.2 Å². The van der Waals surface area contributed by atoms with Crippen LogP contribution in [0, 0.1) is 5.92 Å². The van der Waals surface area contributed by atoms with E-state index in [0.717, 1.165) is 12.0 Å². The summed E-state index contributed by atoms with van der Waals surface area (Å²) in [5, 5.41) is 11.5. The fourth-order valence-corrected chi connectivity index (χ4v) is 2.09. The van der Waals surface area contributed by atoms with Crippen LogP contribution >= 0.6 is 0 Å². The van der Waals surface area contributed by atoms with Crippen molar-refractivity contribution in [3.8, 4) is 5.75 Å². The first-order valence-electron chi connectivity index (χ1n) is 6.33. The molecule has 1 aromatic carbocycles. The van der Waals surface area contributed by atoms with Crippen molar-refractivity contribution >= 4 is 11.9 Å². The van der Waals surface area contributed by atoms with Crippen LogP contribution in [0.2, 0.25) is 0 Å². The molecule has 0 radical (unpaired) electrons. The minimum absolute atomic E-state index is 0.0169. The zero-order chi connectivity index (χ0) is 13.7. The van der Waals surface area contributed by atoms with Gasteiger partial charge in [0.2, 0.25) is 5.91 Å². The zero-order valence-corrected chi connectivity index (χ0v) is 10.6. The lowest BCUT2D eigenvalue weighted by Gasteiger charge is -2.22. The van der Waals surface area contributed by atoms with Gasteiger partial charge in [0.25, 0.3) is 0 Å².